The first kappa shape index (κ1) is 19.8. The maximum Gasteiger partial charge on any atom is 0.313 e. The van der Waals surface area contributed by atoms with Crippen LogP contribution in [0.3, 0.4) is 0 Å². The van der Waals surface area contributed by atoms with Crippen LogP contribution >= 0.6 is 0 Å². The third-order valence-electron chi connectivity index (χ3n) is 4.93. The predicted octanol–water partition coefficient (Wildman–Crippen LogP) is 2.61. The molecule has 6 nitrogen and oxygen atoms in total. The number of anilines is 1. The second-order valence-corrected chi connectivity index (χ2v) is 7.10. The van der Waals surface area contributed by atoms with Crippen molar-refractivity contribution < 1.29 is 14.4 Å². The Hall–Kier alpha value is -2.99. The molecule has 2 aromatic carbocycles. The van der Waals surface area contributed by atoms with Gasteiger partial charge in [-0.2, -0.15) is 0 Å². The molecule has 0 aliphatic carbocycles. The van der Waals surface area contributed by atoms with Crippen molar-refractivity contribution in [2.75, 3.05) is 18.4 Å². The third kappa shape index (κ3) is 5.50. The summed E-state index contributed by atoms with van der Waals surface area (Å²) in [5, 5.41) is 5.39. The topological polar surface area (TPSA) is 78.5 Å². The van der Waals surface area contributed by atoms with Gasteiger partial charge in [-0.05, 0) is 49.6 Å². The van der Waals surface area contributed by atoms with Crippen molar-refractivity contribution in [2.45, 2.75) is 32.4 Å². The van der Waals surface area contributed by atoms with Gasteiger partial charge in [-0.15, -0.1) is 0 Å². The second kappa shape index (κ2) is 9.28. The van der Waals surface area contributed by atoms with Gasteiger partial charge in [0.15, 0.2) is 5.78 Å². The van der Waals surface area contributed by atoms with Crippen LogP contribution in [0.25, 0.3) is 0 Å². The summed E-state index contributed by atoms with van der Waals surface area (Å²) in [5.41, 5.74) is 2.33. The lowest BCUT2D eigenvalue weighted by atomic mass is 10.0. The summed E-state index contributed by atoms with van der Waals surface area (Å²) in [6.45, 7) is 4.15. The number of nitrogens with zero attached hydrogens (tertiary/aromatic N) is 1. The largest absolute Gasteiger partial charge is 0.345 e. The molecule has 1 aliphatic rings. The summed E-state index contributed by atoms with van der Waals surface area (Å²) in [7, 11) is 0. The molecule has 2 aromatic rings. The Bertz CT molecular complexity index is 826. The molecule has 0 radical (unpaired) electrons. The molecule has 0 atom stereocenters. The van der Waals surface area contributed by atoms with Gasteiger partial charge in [0.1, 0.15) is 0 Å². The van der Waals surface area contributed by atoms with Crippen LogP contribution in [0, 0.1) is 0 Å². The first-order valence-electron chi connectivity index (χ1n) is 9.50. The van der Waals surface area contributed by atoms with Crippen LogP contribution in [-0.2, 0) is 16.1 Å². The molecule has 2 N–H and O–H groups in total. The Morgan fingerprint density at radius 2 is 1.57 bits per heavy atom. The van der Waals surface area contributed by atoms with Crippen molar-refractivity contribution in [1.82, 2.24) is 10.2 Å². The molecule has 1 heterocycles. The van der Waals surface area contributed by atoms with E-state index < -0.39 is 11.8 Å². The molecule has 0 spiro atoms. The van der Waals surface area contributed by atoms with E-state index in [0.717, 1.165) is 32.5 Å². The van der Waals surface area contributed by atoms with E-state index in [4.69, 9.17) is 0 Å². The van der Waals surface area contributed by atoms with E-state index in [1.807, 2.05) is 18.2 Å². The smallest absolute Gasteiger partial charge is 0.313 e. The maximum absolute atomic E-state index is 12.2. The van der Waals surface area contributed by atoms with Crippen LogP contribution in [0.15, 0.2) is 54.6 Å². The van der Waals surface area contributed by atoms with Gasteiger partial charge in [0.2, 0.25) is 0 Å². The lowest BCUT2D eigenvalue weighted by Gasteiger charge is -2.32. The van der Waals surface area contributed by atoms with Crippen LogP contribution in [0.4, 0.5) is 5.69 Å². The van der Waals surface area contributed by atoms with Gasteiger partial charge in [0.05, 0.1) is 0 Å². The molecule has 6 heteroatoms. The molecule has 1 saturated heterocycles. The van der Waals surface area contributed by atoms with Gasteiger partial charge < -0.3 is 10.6 Å². The minimum atomic E-state index is -0.692. The summed E-state index contributed by atoms with van der Waals surface area (Å²) in [6, 6.07) is 16.8. The quantitative estimate of drug-likeness (QED) is 0.618. The van der Waals surface area contributed by atoms with Crippen molar-refractivity contribution >= 4 is 23.3 Å². The first-order valence-corrected chi connectivity index (χ1v) is 9.50. The number of nitrogens with one attached hydrogen (secondary N) is 2. The van der Waals surface area contributed by atoms with Crippen molar-refractivity contribution in [3.05, 3.63) is 65.7 Å². The van der Waals surface area contributed by atoms with Gasteiger partial charge >= 0.3 is 11.8 Å². The fraction of sp³-hybridized carbons (Fsp3) is 0.318. The Balaban J connectivity index is 1.43. The Morgan fingerprint density at radius 3 is 2.18 bits per heavy atom. The third-order valence-corrected chi connectivity index (χ3v) is 4.93. The van der Waals surface area contributed by atoms with E-state index in [-0.39, 0.29) is 11.8 Å². The molecule has 0 bridgehead atoms. The molecule has 1 aliphatic heterocycles. The number of amides is 2. The number of hydrogen-bond acceptors (Lipinski definition) is 4. The van der Waals surface area contributed by atoms with E-state index in [1.165, 1.54) is 12.5 Å². The van der Waals surface area contributed by atoms with Crippen LogP contribution in [0.5, 0.6) is 0 Å². The van der Waals surface area contributed by atoms with Crippen LogP contribution < -0.4 is 10.6 Å². The number of rotatable bonds is 5. The van der Waals surface area contributed by atoms with Gasteiger partial charge in [-0.25, -0.2) is 0 Å². The minimum absolute atomic E-state index is 0.00497. The fourth-order valence-corrected chi connectivity index (χ4v) is 3.30. The van der Waals surface area contributed by atoms with Crippen LogP contribution in [0.2, 0.25) is 0 Å². The van der Waals surface area contributed by atoms with E-state index in [1.54, 1.807) is 24.3 Å². The molecule has 146 valence electrons. The highest BCUT2D eigenvalue weighted by molar-refractivity contribution is 6.39. The molecule has 3 rings (SSSR count). The number of ketones is 1. The summed E-state index contributed by atoms with van der Waals surface area (Å²) in [4.78, 5) is 37.9. The Morgan fingerprint density at radius 1 is 0.929 bits per heavy atom. The summed E-state index contributed by atoms with van der Waals surface area (Å²) >= 11 is 0. The normalized spacial score (nSPS) is 15.0. The predicted molar refractivity (Wildman–Crippen MR) is 108 cm³/mol. The van der Waals surface area contributed by atoms with Gasteiger partial charge in [-0.3, -0.25) is 19.3 Å². The van der Waals surface area contributed by atoms with Crippen molar-refractivity contribution in [2.24, 2.45) is 0 Å². The molecular formula is C22H25N3O3. The molecule has 28 heavy (non-hydrogen) atoms. The van der Waals surface area contributed by atoms with E-state index in [0.29, 0.717) is 11.3 Å². The lowest BCUT2D eigenvalue weighted by Crippen LogP contribution is -2.47. The number of likely N-dealkylation sites (tertiary alicyclic amines) is 1. The standard InChI is InChI=1S/C22H25N3O3/c1-16(26)18-7-9-19(10-8-18)23-21(27)22(28)24-20-11-13-25(14-12-20)15-17-5-3-2-4-6-17/h2-10,20H,11-15H2,1H3,(H,23,27)(H,24,28). The molecule has 0 unspecified atom stereocenters. The zero-order valence-electron chi connectivity index (χ0n) is 16.0. The number of benzene rings is 2. The molecular weight excluding hydrogens is 354 g/mol. The number of piperidine rings is 1. The number of carbonyl (C=O) groups is 3. The maximum atomic E-state index is 12.2. The lowest BCUT2D eigenvalue weighted by molar-refractivity contribution is -0.136. The molecule has 2 amide bonds. The average Bonchev–Trinajstić information content (AvgIpc) is 2.70. The van der Waals surface area contributed by atoms with Crippen molar-refractivity contribution in [1.29, 1.82) is 0 Å². The highest BCUT2D eigenvalue weighted by Crippen LogP contribution is 2.14. The van der Waals surface area contributed by atoms with E-state index in [2.05, 4.69) is 27.7 Å². The monoisotopic (exact) mass is 379 g/mol. The Labute approximate surface area is 164 Å². The number of Topliss-reactive ketones (excluding diaryl/α,β-unsaturated/α-hetero) is 1. The van der Waals surface area contributed by atoms with Gasteiger partial charge in [-0.1, -0.05) is 30.3 Å². The van der Waals surface area contributed by atoms with Gasteiger partial charge in [0, 0.05) is 36.9 Å². The van der Waals surface area contributed by atoms with Crippen LogP contribution in [-0.4, -0.2) is 41.6 Å². The zero-order valence-corrected chi connectivity index (χ0v) is 16.0. The summed E-state index contributed by atoms with van der Waals surface area (Å²) < 4.78 is 0. The Kier molecular flexibility index (Phi) is 6.55. The highest BCUT2D eigenvalue weighted by atomic mass is 16.2. The van der Waals surface area contributed by atoms with Crippen molar-refractivity contribution in [3.63, 3.8) is 0 Å². The van der Waals surface area contributed by atoms with Crippen LogP contribution in [0.1, 0.15) is 35.7 Å². The highest BCUT2D eigenvalue weighted by Gasteiger charge is 2.23. The number of hydrogen-bond donors (Lipinski definition) is 2. The minimum Gasteiger partial charge on any atom is -0.345 e. The zero-order chi connectivity index (χ0) is 19.9. The molecule has 1 fully saturated rings. The van der Waals surface area contributed by atoms with E-state index >= 15 is 0 Å². The summed E-state index contributed by atoms with van der Waals surface area (Å²) in [6.07, 6.45) is 1.64. The van der Waals surface area contributed by atoms with Gasteiger partial charge in [0.25, 0.3) is 0 Å². The number of carbonyl (C=O) groups excluding carboxylic acids is 3. The molecule has 0 aromatic heterocycles. The summed E-state index contributed by atoms with van der Waals surface area (Å²) in [5.74, 6) is -1.37. The van der Waals surface area contributed by atoms with E-state index in [9.17, 15) is 14.4 Å². The second-order valence-electron chi connectivity index (χ2n) is 7.10. The average molecular weight is 379 g/mol. The van der Waals surface area contributed by atoms with Crippen molar-refractivity contribution in [3.8, 4) is 0 Å². The SMILES string of the molecule is CC(=O)c1ccc(NC(=O)C(=O)NC2CCN(Cc3ccccc3)CC2)cc1. The first-order chi connectivity index (χ1) is 13.5. The fourth-order valence-electron chi connectivity index (χ4n) is 3.30. The molecule has 0 saturated carbocycles.